The largest absolute Gasteiger partial charge is 0.382 e. The molecule has 1 heterocycles. The van der Waals surface area contributed by atoms with E-state index in [1.165, 1.54) is 0 Å². The molecule has 0 aliphatic rings. The molecule has 1 aromatic heterocycles. The fourth-order valence-electron chi connectivity index (χ4n) is 0.505. The number of hydrogen-bond acceptors (Lipinski definition) is 3. The number of rotatable bonds is 2. The Balaban J connectivity index is 3.28. The van der Waals surface area contributed by atoms with Crippen LogP contribution in [0, 0.1) is 0 Å². The zero-order chi connectivity index (χ0) is 13.5. The first-order chi connectivity index (χ1) is 7.50. The van der Waals surface area contributed by atoms with Gasteiger partial charge >= 0.3 is 0 Å². The quantitative estimate of drug-likeness (QED) is 0.674. The monoisotopic (exact) mass is 144 g/mol. The van der Waals surface area contributed by atoms with Gasteiger partial charge < -0.3 is 5.73 Å². The predicted octanol–water partition coefficient (Wildman–Crippen LogP) is 1.01. The molecule has 0 aliphatic heterocycles. The van der Waals surface area contributed by atoms with Crippen LogP contribution in [0.4, 0.5) is 5.82 Å². The van der Waals surface area contributed by atoms with Crippen molar-refractivity contribution in [2.24, 2.45) is 0 Å². The summed E-state index contributed by atoms with van der Waals surface area (Å²) in [7, 11) is 0. The Morgan fingerprint density at radius 1 is 1.80 bits per heavy atom. The number of anilines is 1. The van der Waals surface area contributed by atoms with Gasteiger partial charge in [-0.05, 0) is 6.37 Å². The maximum absolute atomic E-state index is 7.60. The molecule has 0 spiro atoms. The maximum Gasteiger partial charge on any atom is 0.142 e. The minimum Gasteiger partial charge on any atom is -0.382 e. The van der Waals surface area contributed by atoms with Crippen molar-refractivity contribution < 1.29 is 9.60 Å². The van der Waals surface area contributed by atoms with Gasteiger partial charge in [-0.15, -0.1) is 0 Å². The number of nitrogen functional groups attached to an aromatic ring is 1. The molecule has 3 nitrogen and oxygen atoms in total. The first-order valence-corrected chi connectivity index (χ1v) is 2.58. The highest BCUT2D eigenvalue weighted by molar-refractivity contribution is 5.23. The number of aromatic nitrogens is 2. The first-order valence-electron chi connectivity index (χ1n) is 6.08. The van der Waals surface area contributed by atoms with Crippen molar-refractivity contribution in [1.82, 2.24) is 9.97 Å². The normalized spacial score (nSPS) is 24.2. The highest BCUT2D eigenvalue weighted by Crippen LogP contribution is 1.99. The summed E-state index contributed by atoms with van der Waals surface area (Å²) >= 11 is 0. The first kappa shape index (κ1) is 2.19. The molecule has 0 amide bonds. The van der Waals surface area contributed by atoms with Gasteiger partial charge in [-0.3, -0.25) is 4.98 Å². The summed E-state index contributed by atoms with van der Waals surface area (Å²) in [5.74, 6) is -0.104. The van der Waals surface area contributed by atoms with Gasteiger partial charge in [0.05, 0.1) is 11.9 Å². The topological polar surface area (TPSA) is 51.8 Å². The van der Waals surface area contributed by atoms with E-state index in [0.717, 1.165) is 12.4 Å². The van der Waals surface area contributed by atoms with E-state index >= 15 is 0 Å². The van der Waals surface area contributed by atoms with Crippen LogP contribution >= 0.6 is 0 Å². The molecule has 0 bridgehead atoms. The molecule has 0 fully saturated rings. The number of hydrogen-bond donors (Lipinski definition) is 1. The molecule has 0 aliphatic carbocycles. The summed E-state index contributed by atoms with van der Waals surface area (Å²) in [5.41, 5.74) is 4.86. The van der Waals surface area contributed by atoms with E-state index in [2.05, 4.69) is 9.97 Å². The summed E-state index contributed by atoms with van der Waals surface area (Å²) in [6.45, 7) is -3.12. The Bertz CT molecular complexity index is 414. The lowest BCUT2D eigenvalue weighted by Crippen LogP contribution is -1.96. The summed E-state index contributed by atoms with van der Waals surface area (Å²) < 4.78 is 51.1. The second-order valence-electron chi connectivity index (χ2n) is 1.58. The van der Waals surface area contributed by atoms with Gasteiger partial charge in [0.1, 0.15) is 5.82 Å². The molecule has 2 N–H and O–H groups in total. The van der Waals surface area contributed by atoms with Crippen LogP contribution in [0.1, 0.15) is 28.5 Å². The maximum atomic E-state index is 7.60. The SMILES string of the molecule is [2H]C([2H])([2H])C([2H])([2H])C([2H])([2H])c1cncc(N)n1. The lowest BCUT2D eigenvalue weighted by atomic mass is 10.3. The predicted molar refractivity (Wildman–Crippen MR) is 40.4 cm³/mol. The Kier molecular flexibility index (Phi) is 0.689. The average Bonchev–Trinajstić information content (AvgIpc) is 2.15. The van der Waals surface area contributed by atoms with Gasteiger partial charge in [-0.25, -0.2) is 4.98 Å². The highest BCUT2D eigenvalue weighted by atomic mass is 14.9. The fraction of sp³-hybridized carbons (Fsp3) is 0.429. The lowest BCUT2D eigenvalue weighted by Gasteiger charge is -1.96. The van der Waals surface area contributed by atoms with Crippen LogP contribution in [0.15, 0.2) is 12.4 Å². The minimum atomic E-state index is -3.12. The molecule has 0 radical (unpaired) electrons. The van der Waals surface area contributed by atoms with Crippen molar-refractivity contribution in [2.45, 2.75) is 19.6 Å². The smallest absolute Gasteiger partial charge is 0.142 e. The number of aryl methyl sites for hydroxylation is 1. The second kappa shape index (κ2) is 3.15. The van der Waals surface area contributed by atoms with Crippen LogP contribution in [0.2, 0.25) is 0 Å². The summed E-state index contributed by atoms with van der Waals surface area (Å²) in [6, 6.07) is 0. The summed E-state index contributed by atoms with van der Waals surface area (Å²) in [6.07, 6.45) is -3.80. The van der Waals surface area contributed by atoms with Gasteiger partial charge in [0.2, 0.25) is 0 Å². The summed E-state index contributed by atoms with van der Waals surface area (Å²) in [5, 5.41) is 0. The molecule has 0 atom stereocenters. The standard InChI is InChI=1S/C7H11N3/c1-2-3-6-4-9-5-7(8)10-6/h4-5H,2-3H2,1H3,(H2,8,10)/i1D3,2D2,3D2. The molecule has 10 heavy (non-hydrogen) atoms. The molecule has 3 heteroatoms. The van der Waals surface area contributed by atoms with Crippen LogP contribution < -0.4 is 5.73 Å². The molecule has 0 unspecified atom stereocenters. The Labute approximate surface area is 70.1 Å². The lowest BCUT2D eigenvalue weighted by molar-refractivity contribution is 0.873. The van der Waals surface area contributed by atoms with Gasteiger partial charge in [-0.1, -0.05) is 13.2 Å². The van der Waals surface area contributed by atoms with Crippen molar-refractivity contribution in [3.05, 3.63) is 18.1 Å². The molecule has 0 aromatic carbocycles. The van der Waals surface area contributed by atoms with Crippen molar-refractivity contribution in [3.63, 3.8) is 0 Å². The van der Waals surface area contributed by atoms with Gasteiger partial charge in [0.15, 0.2) is 0 Å². The van der Waals surface area contributed by atoms with Gasteiger partial charge in [0, 0.05) is 15.8 Å². The van der Waals surface area contributed by atoms with E-state index < -0.39 is 25.3 Å². The summed E-state index contributed by atoms with van der Waals surface area (Å²) in [4.78, 5) is 7.14. The highest BCUT2D eigenvalue weighted by Gasteiger charge is 1.92. The number of nitrogens with zero attached hydrogens (tertiary/aromatic N) is 2. The molecule has 54 valence electrons. The van der Waals surface area contributed by atoms with Crippen molar-refractivity contribution in [1.29, 1.82) is 0 Å². The fourth-order valence-corrected chi connectivity index (χ4v) is 0.505. The Morgan fingerprint density at radius 2 is 2.70 bits per heavy atom. The molecular formula is C7H11N3. The Morgan fingerprint density at radius 3 is 3.40 bits per heavy atom. The zero-order valence-electron chi connectivity index (χ0n) is 12.1. The van der Waals surface area contributed by atoms with E-state index in [9.17, 15) is 0 Å². The van der Waals surface area contributed by atoms with Crippen LogP contribution in [0.3, 0.4) is 0 Å². The zero-order valence-corrected chi connectivity index (χ0v) is 5.13. The molecular weight excluding hydrogens is 126 g/mol. The second-order valence-corrected chi connectivity index (χ2v) is 1.58. The van der Waals surface area contributed by atoms with Crippen LogP contribution in [0.25, 0.3) is 0 Å². The van der Waals surface area contributed by atoms with E-state index in [-0.39, 0.29) is 5.82 Å². The van der Waals surface area contributed by atoms with Gasteiger partial charge in [0.25, 0.3) is 0 Å². The Hall–Kier alpha value is -1.12. The molecule has 1 aromatic rings. The van der Waals surface area contributed by atoms with Gasteiger partial charge in [-0.2, -0.15) is 0 Å². The third kappa shape index (κ3) is 1.69. The van der Waals surface area contributed by atoms with E-state index in [1.807, 2.05) is 0 Å². The minimum absolute atomic E-state index is 0.104. The molecule has 0 saturated heterocycles. The van der Waals surface area contributed by atoms with Crippen molar-refractivity contribution in [2.75, 3.05) is 5.73 Å². The molecule has 0 saturated carbocycles. The van der Waals surface area contributed by atoms with Crippen molar-refractivity contribution in [3.8, 4) is 0 Å². The van der Waals surface area contributed by atoms with Crippen molar-refractivity contribution >= 4 is 5.82 Å². The molecule has 1 rings (SSSR count). The van der Waals surface area contributed by atoms with E-state index in [4.69, 9.17) is 15.3 Å². The number of nitrogens with two attached hydrogens (primary N) is 1. The van der Waals surface area contributed by atoms with Crippen LogP contribution in [-0.4, -0.2) is 9.97 Å². The van der Waals surface area contributed by atoms with Crippen LogP contribution in [0.5, 0.6) is 0 Å². The third-order valence-electron chi connectivity index (χ3n) is 0.844. The van der Waals surface area contributed by atoms with Crippen LogP contribution in [-0.2, 0) is 6.37 Å². The third-order valence-corrected chi connectivity index (χ3v) is 0.844. The average molecular weight is 144 g/mol. The van der Waals surface area contributed by atoms with E-state index in [1.54, 1.807) is 0 Å². The van der Waals surface area contributed by atoms with E-state index in [0.29, 0.717) is 0 Å².